The molecular weight excluding hydrogens is 613 g/mol. The number of ether oxygens (including phenoxy) is 1. The maximum Gasteiger partial charge on any atom is 0.433 e. The normalized spacial score (nSPS) is 12.4. The SMILES string of the molecule is CC(C)(C)Sc1c(CC(C)(C)C(=O)O)n(Cc2ccc(-c3ccc(C(F)(F)F)nc3)cc2)c2ncc(OCc3ccccn3)cc12. The third kappa shape index (κ3) is 7.70. The maximum absolute atomic E-state index is 13.0. The second-order valence-corrected chi connectivity index (χ2v) is 14.6. The number of carbonyl (C=O) groups is 1. The average Bonchev–Trinajstić information content (AvgIpc) is 3.25. The summed E-state index contributed by atoms with van der Waals surface area (Å²) in [5, 5.41) is 10.9. The van der Waals surface area contributed by atoms with Crippen LogP contribution in [0.4, 0.5) is 13.2 Å². The molecule has 7 nitrogen and oxygen atoms in total. The Labute approximate surface area is 269 Å². The van der Waals surface area contributed by atoms with Crippen LogP contribution in [0.1, 0.15) is 57.3 Å². The van der Waals surface area contributed by atoms with Crippen molar-refractivity contribution in [2.45, 2.75) is 70.0 Å². The van der Waals surface area contributed by atoms with Crippen molar-refractivity contribution in [1.29, 1.82) is 0 Å². The first-order valence-corrected chi connectivity index (χ1v) is 15.5. The van der Waals surface area contributed by atoms with Crippen molar-refractivity contribution in [3.05, 3.63) is 102 Å². The molecule has 11 heteroatoms. The van der Waals surface area contributed by atoms with Gasteiger partial charge in [0.15, 0.2) is 0 Å². The number of carboxylic acid groups (broad SMARTS) is 1. The number of alkyl halides is 3. The van der Waals surface area contributed by atoms with Crippen molar-refractivity contribution in [2.24, 2.45) is 5.41 Å². The second kappa shape index (κ2) is 12.8. The van der Waals surface area contributed by atoms with E-state index in [-0.39, 0.29) is 17.8 Å². The molecule has 0 aliphatic carbocycles. The zero-order valence-electron chi connectivity index (χ0n) is 26.2. The van der Waals surface area contributed by atoms with Crippen molar-refractivity contribution in [1.82, 2.24) is 19.5 Å². The summed E-state index contributed by atoms with van der Waals surface area (Å²) in [4.78, 5) is 26.0. The van der Waals surface area contributed by atoms with E-state index in [1.807, 2.05) is 48.5 Å². The van der Waals surface area contributed by atoms with Gasteiger partial charge in [-0.1, -0.05) is 57.2 Å². The van der Waals surface area contributed by atoms with E-state index in [1.165, 1.54) is 12.3 Å². The summed E-state index contributed by atoms with van der Waals surface area (Å²) >= 11 is 1.66. The number of hydrogen-bond donors (Lipinski definition) is 1. The number of thioether (sulfide) groups is 1. The van der Waals surface area contributed by atoms with Crippen LogP contribution in [0, 0.1) is 5.41 Å². The topological polar surface area (TPSA) is 90.1 Å². The number of hydrogen-bond acceptors (Lipinski definition) is 6. The Morgan fingerprint density at radius 2 is 1.63 bits per heavy atom. The van der Waals surface area contributed by atoms with Crippen LogP contribution in [0.5, 0.6) is 5.75 Å². The summed E-state index contributed by atoms with van der Waals surface area (Å²) in [6, 6.07) is 17.5. The third-order valence-corrected chi connectivity index (χ3v) is 8.59. The number of benzene rings is 1. The number of pyridine rings is 3. The molecule has 4 heterocycles. The van der Waals surface area contributed by atoms with Crippen molar-refractivity contribution in [3.8, 4) is 16.9 Å². The second-order valence-electron chi connectivity index (χ2n) is 12.7. The fraction of sp³-hybridized carbons (Fsp3) is 0.314. The van der Waals surface area contributed by atoms with Crippen LogP contribution in [0.25, 0.3) is 22.2 Å². The predicted octanol–water partition coefficient (Wildman–Crippen LogP) is 8.68. The van der Waals surface area contributed by atoms with Gasteiger partial charge in [0.25, 0.3) is 0 Å². The van der Waals surface area contributed by atoms with Crippen LogP contribution in [-0.4, -0.2) is 35.3 Å². The molecule has 0 aliphatic rings. The first-order chi connectivity index (χ1) is 21.6. The smallest absolute Gasteiger partial charge is 0.433 e. The lowest BCUT2D eigenvalue weighted by Crippen LogP contribution is -2.28. The van der Waals surface area contributed by atoms with Gasteiger partial charge in [-0.3, -0.25) is 14.8 Å². The minimum absolute atomic E-state index is 0.191. The molecule has 0 unspecified atom stereocenters. The zero-order chi connectivity index (χ0) is 33.3. The largest absolute Gasteiger partial charge is 0.486 e. The van der Waals surface area contributed by atoms with E-state index in [0.717, 1.165) is 38.9 Å². The fourth-order valence-corrected chi connectivity index (χ4v) is 6.10. The van der Waals surface area contributed by atoms with Gasteiger partial charge in [0.05, 0.1) is 17.3 Å². The van der Waals surface area contributed by atoms with Crippen LogP contribution in [-0.2, 0) is 30.5 Å². The number of aliphatic carboxylic acids is 1. The molecule has 1 aromatic carbocycles. The van der Waals surface area contributed by atoms with E-state index in [2.05, 4.69) is 35.3 Å². The number of nitrogens with zero attached hydrogens (tertiary/aromatic N) is 4. The monoisotopic (exact) mass is 648 g/mol. The van der Waals surface area contributed by atoms with E-state index < -0.39 is 23.3 Å². The number of halogens is 3. The van der Waals surface area contributed by atoms with Crippen LogP contribution < -0.4 is 4.74 Å². The highest BCUT2D eigenvalue weighted by Crippen LogP contribution is 2.43. The molecule has 0 atom stereocenters. The van der Waals surface area contributed by atoms with Gasteiger partial charge in [-0.2, -0.15) is 13.2 Å². The fourth-order valence-electron chi connectivity index (χ4n) is 4.92. The lowest BCUT2D eigenvalue weighted by molar-refractivity contribution is -0.147. The molecule has 0 aliphatic heterocycles. The molecule has 0 saturated carbocycles. The molecule has 0 bridgehead atoms. The minimum atomic E-state index is -4.50. The third-order valence-electron chi connectivity index (χ3n) is 7.32. The van der Waals surface area contributed by atoms with Gasteiger partial charge >= 0.3 is 12.1 Å². The molecule has 4 aromatic heterocycles. The summed E-state index contributed by atoms with van der Waals surface area (Å²) in [5.41, 5.74) is 2.55. The molecular formula is C35H35F3N4O3S. The molecule has 1 N–H and O–H groups in total. The minimum Gasteiger partial charge on any atom is -0.486 e. The molecule has 5 aromatic rings. The Kier molecular flexibility index (Phi) is 9.17. The van der Waals surface area contributed by atoms with E-state index >= 15 is 0 Å². The summed E-state index contributed by atoms with van der Waals surface area (Å²) < 4.78 is 46.9. The van der Waals surface area contributed by atoms with E-state index in [1.54, 1.807) is 38.0 Å². The van der Waals surface area contributed by atoms with Crippen LogP contribution >= 0.6 is 11.8 Å². The maximum atomic E-state index is 13.0. The summed E-state index contributed by atoms with van der Waals surface area (Å²) in [5.74, 6) is -0.331. The molecule has 0 spiro atoms. The Morgan fingerprint density at radius 3 is 2.22 bits per heavy atom. The molecule has 46 heavy (non-hydrogen) atoms. The van der Waals surface area contributed by atoms with Crippen LogP contribution in [0.15, 0.2) is 84.1 Å². The van der Waals surface area contributed by atoms with Crippen LogP contribution in [0.3, 0.4) is 0 Å². The Morgan fingerprint density at radius 1 is 0.913 bits per heavy atom. The number of carboxylic acids is 1. The molecule has 240 valence electrons. The summed E-state index contributed by atoms with van der Waals surface area (Å²) in [6.45, 7) is 10.4. The molecule has 0 radical (unpaired) electrons. The molecule has 5 rings (SSSR count). The van der Waals surface area contributed by atoms with E-state index in [9.17, 15) is 23.1 Å². The van der Waals surface area contributed by atoms with Gasteiger partial charge < -0.3 is 14.4 Å². The van der Waals surface area contributed by atoms with Gasteiger partial charge in [-0.05, 0) is 49.2 Å². The lowest BCUT2D eigenvalue weighted by atomic mass is 9.88. The quantitative estimate of drug-likeness (QED) is 0.152. The standard InChI is InChI=1S/C35H35F3N4O3S/c1-33(2,3)46-30-27-16-26(45-21-25-8-6-7-15-39-25)19-41-31(27)42(28(30)17-34(4,5)32(43)44)20-22-9-11-23(12-10-22)24-13-14-29(40-18-24)35(36,37)38/h6-16,18-19H,17,20-21H2,1-5H3,(H,43,44). The summed E-state index contributed by atoms with van der Waals surface area (Å²) in [6.07, 6.45) is 0.355. The van der Waals surface area contributed by atoms with Crippen LogP contribution in [0.2, 0.25) is 0 Å². The Bertz CT molecular complexity index is 1830. The first-order valence-electron chi connectivity index (χ1n) is 14.7. The van der Waals surface area contributed by atoms with Gasteiger partial charge in [0.2, 0.25) is 0 Å². The van der Waals surface area contributed by atoms with Crippen molar-refractivity contribution in [2.75, 3.05) is 0 Å². The lowest BCUT2D eigenvalue weighted by Gasteiger charge is -2.24. The summed E-state index contributed by atoms with van der Waals surface area (Å²) in [7, 11) is 0. The number of fused-ring (bicyclic) bond motifs is 1. The molecule has 0 saturated heterocycles. The first kappa shape index (κ1) is 33.0. The van der Waals surface area contributed by atoms with Crippen molar-refractivity contribution >= 4 is 28.8 Å². The number of rotatable bonds is 10. The number of aromatic nitrogens is 4. The van der Waals surface area contributed by atoms with Gasteiger partial charge in [-0.25, -0.2) is 4.98 Å². The zero-order valence-corrected chi connectivity index (χ0v) is 27.0. The molecule has 0 amide bonds. The predicted molar refractivity (Wildman–Crippen MR) is 173 cm³/mol. The van der Waals surface area contributed by atoms with Gasteiger partial charge in [-0.15, -0.1) is 11.8 Å². The highest BCUT2D eigenvalue weighted by molar-refractivity contribution is 8.00. The van der Waals surface area contributed by atoms with Gasteiger partial charge in [0, 0.05) is 51.6 Å². The van der Waals surface area contributed by atoms with Gasteiger partial charge in [0.1, 0.15) is 23.7 Å². The van der Waals surface area contributed by atoms with E-state index in [0.29, 0.717) is 23.5 Å². The van der Waals surface area contributed by atoms with E-state index in [4.69, 9.17) is 9.72 Å². The Balaban J connectivity index is 1.55. The average molecular weight is 649 g/mol. The molecule has 0 fully saturated rings. The van der Waals surface area contributed by atoms with Crippen molar-refractivity contribution < 1.29 is 27.8 Å². The highest BCUT2D eigenvalue weighted by Gasteiger charge is 2.34. The van der Waals surface area contributed by atoms with Crippen molar-refractivity contribution in [3.63, 3.8) is 0 Å². The highest BCUT2D eigenvalue weighted by atomic mass is 32.2. The Hall–Kier alpha value is -4.38.